The van der Waals surface area contributed by atoms with Crippen LogP contribution in [0, 0.1) is 20.8 Å². The number of hydrogen-bond acceptors (Lipinski definition) is 5. The molecule has 196 valence electrons. The molecule has 0 aliphatic carbocycles. The van der Waals surface area contributed by atoms with Crippen LogP contribution in [0.25, 0.3) is 44.8 Å². The van der Waals surface area contributed by atoms with Gasteiger partial charge in [-0.3, -0.25) is 9.97 Å². The molecule has 0 spiro atoms. The molecule has 2 heterocycles. The van der Waals surface area contributed by atoms with Crippen LogP contribution in [-0.4, -0.2) is 31.3 Å². The van der Waals surface area contributed by atoms with Crippen molar-refractivity contribution < 1.29 is 14.2 Å². The first-order valence-corrected chi connectivity index (χ1v) is 12.8. The fourth-order valence-electron chi connectivity index (χ4n) is 4.76. The molecule has 0 N–H and O–H groups in total. The summed E-state index contributed by atoms with van der Waals surface area (Å²) in [6, 6.07) is 24.9. The van der Waals surface area contributed by atoms with Crippen LogP contribution in [0.3, 0.4) is 0 Å². The number of ether oxygens (including phenoxy) is 3. The summed E-state index contributed by atoms with van der Waals surface area (Å²) in [5, 5.41) is 0. The van der Waals surface area contributed by atoms with Gasteiger partial charge in [-0.1, -0.05) is 42.5 Å². The minimum Gasteiger partial charge on any atom is -0.493 e. The van der Waals surface area contributed by atoms with Gasteiger partial charge in [0.15, 0.2) is 11.5 Å². The molecule has 5 nitrogen and oxygen atoms in total. The molecule has 0 fully saturated rings. The van der Waals surface area contributed by atoms with E-state index in [9.17, 15) is 0 Å². The van der Waals surface area contributed by atoms with Gasteiger partial charge >= 0.3 is 0 Å². The Morgan fingerprint density at radius 3 is 1.38 bits per heavy atom. The van der Waals surface area contributed by atoms with E-state index in [-0.39, 0.29) is 0 Å². The normalized spacial score (nSPS) is 10.8. The SMILES string of the molecule is COc1cc(-c2ccc(-c3cccc(-c4ccc(-c5cc(C)c(C)c(C)c5)cn4)c3)nc2)cc(OC)c1OC. The van der Waals surface area contributed by atoms with Gasteiger partial charge in [0, 0.05) is 34.6 Å². The third-order valence-corrected chi connectivity index (χ3v) is 7.24. The Hall–Kier alpha value is -4.64. The molecule has 0 bridgehead atoms. The number of nitrogens with zero attached hydrogens (tertiary/aromatic N) is 2. The summed E-state index contributed by atoms with van der Waals surface area (Å²) in [7, 11) is 4.82. The Balaban J connectivity index is 1.41. The van der Waals surface area contributed by atoms with E-state index in [4.69, 9.17) is 24.2 Å². The van der Waals surface area contributed by atoms with Crippen molar-refractivity contribution in [3.05, 3.63) is 102 Å². The van der Waals surface area contributed by atoms with Crippen molar-refractivity contribution in [3.63, 3.8) is 0 Å². The summed E-state index contributed by atoms with van der Waals surface area (Å²) in [6.45, 7) is 6.48. The molecule has 0 radical (unpaired) electrons. The average Bonchev–Trinajstić information content (AvgIpc) is 2.99. The average molecular weight is 517 g/mol. The predicted octanol–water partition coefficient (Wildman–Crippen LogP) is 8.10. The lowest BCUT2D eigenvalue weighted by atomic mass is 9.97. The van der Waals surface area contributed by atoms with Gasteiger partial charge in [0.25, 0.3) is 0 Å². The van der Waals surface area contributed by atoms with E-state index in [0.29, 0.717) is 17.2 Å². The van der Waals surface area contributed by atoms with Gasteiger partial charge in [-0.15, -0.1) is 0 Å². The van der Waals surface area contributed by atoms with Crippen molar-refractivity contribution in [2.45, 2.75) is 20.8 Å². The Morgan fingerprint density at radius 1 is 0.487 bits per heavy atom. The Labute approximate surface area is 230 Å². The minimum atomic E-state index is 0.566. The van der Waals surface area contributed by atoms with Crippen molar-refractivity contribution in [2.24, 2.45) is 0 Å². The van der Waals surface area contributed by atoms with Crippen molar-refractivity contribution >= 4 is 0 Å². The maximum absolute atomic E-state index is 5.51. The zero-order valence-corrected chi connectivity index (χ0v) is 23.2. The van der Waals surface area contributed by atoms with Crippen LogP contribution in [-0.2, 0) is 0 Å². The number of methoxy groups -OCH3 is 3. The first kappa shape index (κ1) is 26.0. The summed E-state index contributed by atoms with van der Waals surface area (Å²) in [6.07, 6.45) is 3.82. The molecule has 0 amide bonds. The molecule has 5 heteroatoms. The Kier molecular flexibility index (Phi) is 7.33. The number of hydrogen-bond donors (Lipinski definition) is 0. The molecule has 5 aromatic rings. The van der Waals surface area contributed by atoms with Crippen LogP contribution < -0.4 is 14.2 Å². The molecular weight excluding hydrogens is 484 g/mol. The lowest BCUT2D eigenvalue weighted by molar-refractivity contribution is 0.324. The predicted molar refractivity (Wildman–Crippen MR) is 158 cm³/mol. The molecule has 0 saturated heterocycles. The summed E-state index contributed by atoms with van der Waals surface area (Å²) in [5.74, 6) is 1.78. The highest BCUT2D eigenvalue weighted by Gasteiger charge is 2.15. The third-order valence-electron chi connectivity index (χ3n) is 7.24. The quantitative estimate of drug-likeness (QED) is 0.219. The number of rotatable bonds is 7. The number of benzene rings is 3. The van der Waals surface area contributed by atoms with Crippen LogP contribution in [0.2, 0.25) is 0 Å². The third kappa shape index (κ3) is 5.21. The van der Waals surface area contributed by atoms with E-state index in [0.717, 1.165) is 39.2 Å². The second-order valence-electron chi connectivity index (χ2n) is 9.59. The van der Waals surface area contributed by atoms with Crippen molar-refractivity contribution in [1.82, 2.24) is 9.97 Å². The highest BCUT2D eigenvalue weighted by Crippen LogP contribution is 2.41. The van der Waals surface area contributed by atoms with E-state index < -0.39 is 0 Å². The van der Waals surface area contributed by atoms with E-state index in [1.807, 2.05) is 42.7 Å². The zero-order chi connectivity index (χ0) is 27.5. The van der Waals surface area contributed by atoms with Crippen LogP contribution in [0.4, 0.5) is 0 Å². The lowest BCUT2D eigenvalue weighted by Gasteiger charge is -2.14. The standard InChI is InChI=1S/C34H32N2O3/c1-21-14-28(15-22(2)23(21)3)26-10-12-30(35-19-26)24-8-7-9-25(16-24)31-13-11-27(20-36-31)29-17-32(37-4)34(39-6)33(18-29)38-5/h7-20H,1-6H3. The van der Waals surface area contributed by atoms with Gasteiger partial charge in [0.2, 0.25) is 5.75 Å². The first-order valence-electron chi connectivity index (χ1n) is 12.8. The van der Waals surface area contributed by atoms with Gasteiger partial charge in [0.1, 0.15) is 0 Å². The molecule has 0 atom stereocenters. The fourth-order valence-corrected chi connectivity index (χ4v) is 4.76. The van der Waals surface area contributed by atoms with E-state index in [2.05, 4.69) is 63.2 Å². The van der Waals surface area contributed by atoms with Gasteiger partial charge in [0.05, 0.1) is 32.7 Å². The summed E-state index contributed by atoms with van der Waals surface area (Å²) >= 11 is 0. The monoisotopic (exact) mass is 516 g/mol. The second kappa shape index (κ2) is 11.0. The first-order chi connectivity index (χ1) is 18.9. The summed E-state index contributed by atoms with van der Waals surface area (Å²) < 4.78 is 16.5. The van der Waals surface area contributed by atoms with Crippen LogP contribution in [0.5, 0.6) is 17.2 Å². The molecule has 2 aromatic heterocycles. The highest BCUT2D eigenvalue weighted by molar-refractivity contribution is 5.75. The number of pyridine rings is 2. The molecule has 0 saturated carbocycles. The molecule has 0 aliphatic rings. The minimum absolute atomic E-state index is 0.566. The molecule has 0 aliphatic heterocycles. The van der Waals surface area contributed by atoms with Crippen molar-refractivity contribution in [1.29, 1.82) is 0 Å². The molecule has 5 rings (SSSR count). The molecule has 39 heavy (non-hydrogen) atoms. The highest BCUT2D eigenvalue weighted by atomic mass is 16.5. The van der Waals surface area contributed by atoms with E-state index in [1.165, 1.54) is 22.3 Å². The molecular formula is C34H32N2O3. The Morgan fingerprint density at radius 2 is 0.974 bits per heavy atom. The molecule has 3 aromatic carbocycles. The maximum Gasteiger partial charge on any atom is 0.203 e. The molecule has 0 unspecified atom stereocenters. The lowest BCUT2D eigenvalue weighted by Crippen LogP contribution is -1.96. The van der Waals surface area contributed by atoms with E-state index >= 15 is 0 Å². The van der Waals surface area contributed by atoms with Crippen LogP contribution in [0.1, 0.15) is 16.7 Å². The number of aryl methyl sites for hydroxylation is 2. The second-order valence-corrected chi connectivity index (χ2v) is 9.59. The maximum atomic E-state index is 5.51. The largest absolute Gasteiger partial charge is 0.493 e. The fraction of sp³-hybridized carbons (Fsp3) is 0.176. The van der Waals surface area contributed by atoms with Crippen molar-refractivity contribution in [2.75, 3.05) is 21.3 Å². The van der Waals surface area contributed by atoms with Gasteiger partial charge in [-0.05, 0) is 78.9 Å². The summed E-state index contributed by atoms with van der Waals surface area (Å²) in [5.41, 5.74) is 12.0. The Bertz CT molecular complexity index is 1580. The number of aromatic nitrogens is 2. The zero-order valence-electron chi connectivity index (χ0n) is 23.2. The van der Waals surface area contributed by atoms with Gasteiger partial charge < -0.3 is 14.2 Å². The van der Waals surface area contributed by atoms with Crippen molar-refractivity contribution in [3.8, 4) is 62.0 Å². The topological polar surface area (TPSA) is 53.5 Å². The van der Waals surface area contributed by atoms with E-state index in [1.54, 1.807) is 21.3 Å². The summed E-state index contributed by atoms with van der Waals surface area (Å²) in [4.78, 5) is 9.55. The van der Waals surface area contributed by atoms with Gasteiger partial charge in [-0.2, -0.15) is 0 Å². The van der Waals surface area contributed by atoms with Crippen LogP contribution in [0.15, 0.2) is 85.2 Å². The van der Waals surface area contributed by atoms with Crippen LogP contribution >= 0.6 is 0 Å². The smallest absolute Gasteiger partial charge is 0.203 e. The van der Waals surface area contributed by atoms with Gasteiger partial charge in [-0.25, -0.2) is 0 Å².